The molecular formula is C7H10N4O2S2. The van der Waals surface area contributed by atoms with Crippen LogP contribution in [0.2, 0.25) is 0 Å². The van der Waals surface area contributed by atoms with E-state index in [2.05, 4.69) is 26.9 Å². The lowest BCUT2D eigenvalue weighted by Crippen LogP contribution is -2.35. The van der Waals surface area contributed by atoms with Crippen LogP contribution in [0.3, 0.4) is 0 Å². The maximum atomic E-state index is 11.6. The van der Waals surface area contributed by atoms with Gasteiger partial charge in [0, 0.05) is 0 Å². The highest BCUT2D eigenvalue weighted by Crippen LogP contribution is 2.08. The van der Waals surface area contributed by atoms with Crippen molar-refractivity contribution in [2.75, 3.05) is 4.72 Å². The molecule has 1 unspecified atom stereocenters. The van der Waals surface area contributed by atoms with Gasteiger partial charge in [-0.05, 0) is 6.92 Å². The van der Waals surface area contributed by atoms with E-state index in [-0.39, 0.29) is 10.7 Å². The number of sulfonamides is 1. The molecule has 0 fully saturated rings. The molecule has 1 aromatic rings. The maximum absolute atomic E-state index is 11.6. The quantitative estimate of drug-likeness (QED) is 0.719. The van der Waals surface area contributed by atoms with Gasteiger partial charge < -0.3 is 5.73 Å². The van der Waals surface area contributed by atoms with E-state index in [1.165, 1.54) is 25.6 Å². The molecule has 0 radical (unpaired) electrons. The summed E-state index contributed by atoms with van der Waals surface area (Å²) >= 11 is 4.61. The van der Waals surface area contributed by atoms with E-state index in [0.29, 0.717) is 0 Å². The van der Waals surface area contributed by atoms with Gasteiger partial charge in [-0.2, -0.15) is 0 Å². The van der Waals surface area contributed by atoms with E-state index in [4.69, 9.17) is 5.73 Å². The molecule has 0 spiro atoms. The summed E-state index contributed by atoms with van der Waals surface area (Å²) in [4.78, 5) is 7.26. The number of anilines is 1. The highest BCUT2D eigenvalue weighted by molar-refractivity contribution is 7.95. The Bertz CT molecular complexity index is 445. The molecule has 82 valence electrons. The van der Waals surface area contributed by atoms with E-state index in [9.17, 15) is 8.42 Å². The second-order valence-electron chi connectivity index (χ2n) is 2.82. The largest absolute Gasteiger partial charge is 0.392 e. The topological polar surface area (TPSA) is 98.0 Å². The number of rotatable bonds is 4. The zero-order valence-electron chi connectivity index (χ0n) is 7.91. The average molecular weight is 246 g/mol. The Morgan fingerprint density at radius 3 is 2.53 bits per heavy atom. The van der Waals surface area contributed by atoms with Crippen LogP contribution in [0.4, 0.5) is 5.69 Å². The Morgan fingerprint density at radius 1 is 1.53 bits per heavy atom. The first-order valence-corrected chi connectivity index (χ1v) is 5.95. The summed E-state index contributed by atoms with van der Waals surface area (Å²) in [5, 5.41) is -0.937. The lowest BCUT2D eigenvalue weighted by molar-refractivity contribution is 0.598. The molecule has 0 saturated carbocycles. The van der Waals surface area contributed by atoms with Crippen molar-refractivity contribution in [1.82, 2.24) is 9.97 Å². The summed E-state index contributed by atoms with van der Waals surface area (Å²) < 4.78 is 25.5. The smallest absolute Gasteiger partial charge is 0.241 e. The highest BCUT2D eigenvalue weighted by atomic mass is 32.2. The molecule has 0 saturated heterocycles. The second-order valence-corrected chi connectivity index (χ2v) is 5.29. The summed E-state index contributed by atoms with van der Waals surface area (Å²) in [5.41, 5.74) is 5.54. The molecule has 8 heteroatoms. The van der Waals surface area contributed by atoms with Crippen molar-refractivity contribution in [3.05, 3.63) is 18.7 Å². The lowest BCUT2D eigenvalue weighted by Gasteiger charge is -2.12. The van der Waals surface area contributed by atoms with Crippen LogP contribution in [0.25, 0.3) is 0 Å². The summed E-state index contributed by atoms with van der Waals surface area (Å²) in [6.07, 6.45) is 3.99. The third-order valence-corrected chi connectivity index (χ3v) is 3.89. The van der Waals surface area contributed by atoms with Crippen LogP contribution in [-0.2, 0) is 10.0 Å². The van der Waals surface area contributed by atoms with E-state index >= 15 is 0 Å². The van der Waals surface area contributed by atoms with Gasteiger partial charge in [0.15, 0.2) is 0 Å². The minimum absolute atomic E-state index is 0.0839. The van der Waals surface area contributed by atoms with Crippen molar-refractivity contribution in [2.24, 2.45) is 5.73 Å². The van der Waals surface area contributed by atoms with Crippen LogP contribution in [0.15, 0.2) is 18.7 Å². The summed E-state index contributed by atoms with van der Waals surface area (Å²) in [6, 6.07) is 0. The Hall–Kier alpha value is -1.28. The zero-order chi connectivity index (χ0) is 11.5. The fourth-order valence-corrected chi connectivity index (χ4v) is 2.05. The molecule has 1 aromatic heterocycles. The van der Waals surface area contributed by atoms with Gasteiger partial charge in [-0.25, -0.2) is 18.4 Å². The predicted molar refractivity (Wildman–Crippen MR) is 60.8 cm³/mol. The van der Waals surface area contributed by atoms with Gasteiger partial charge in [0.1, 0.15) is 11.6 Å². The molecule has 6 nitrogen and oxygen atoms in total. The Kier molecular flexibility index (Phi) is 3.53. The van der Waals surface area contributed by atoms with E-state index in [0.717, 1.165) is 0 Å². The minimum atomic E-state index is -3.61. The van der Waals surface area contributed by atoms with Gasteiger partial charge in [0.2, 0.25) is 10.0 Å². The van der Waals surface area contributed by atoms with Crippen LogP contribution in [-0.4, -0.2) is 28.6 Å². The van der Waals surface area contributed by atoms with Crippen molar-refractivity contribution >= 4 is 32.9 Å². The Balaban J connectivity index is 2.87. The summed E-state index contributed by atoms with van der Waals surface area (Å²) in [5.74, 6) is 0. The molecule has 0 aliphatic rings. The third kappa shape index (κ3) is 3.10. The van der Waals surface area contributed by atoms with Gasteiger partial charge in [0.25, 0.3) is 0 Å². The zero-order valence-corrected chi connectivity index (χ0v) is 9.55. The van der Waals surface area contributed by atoms with E-state index in [1.807, 2.05) is 0 Å². The van der Waals surface area contributed by atoms with Gasteiger partial charge in [-0.3, -0.25) is 4.72 Å². The van der Waals surface area contributed by atoms with Crippen molar-refractivity contribution in [3.8, 4) is 0 Å². The van der Waals surface area contributed by atoms with E-state index in [1.54, 1.807) is 0 Å². The van der Waals surface area contributed by atoms with Crippen molar-refractivity contribution in [1.29, 1.82) is 0 Å². The molecule has 1 atom stereocenters. The second kappa shape index (κ2) is 4.49. The summed E-state index contributed by atoms with van der Waals surface area (Å²) in [7, 11) is -3.61. The minimum Gasteiger partial charge on any atom is -0.392 e. The predicted octanol–water partition coefficient (Wildman–Crippen LogP) is -0.107. The normalized spacial score (nSPS) is 13.1. The van der Waals surface area contributed by atoms with E-state index < -0.39 is 15.3 Å². The first-order chi connectivity index (χ1) is 6.93. The van der Waals surface area contributed by atoms with Gasteiger partial charge in [0.05, 0.1) is 23.1 Å². The van der Waals surface area contributed by atoms with Crippen LogP contribution < -0.4 is 10.5 Å². The molecule has 0 aromatic carbocycles. The third-order valence-electron chi connectivity index (χ3n) is 1.69. The Morgan fingerprint density at radius 2 is 2.07 bits per heavy atom. The highest BCUT2D eigenvalue weighted by Gasteiger charge is 2.23. The first kappa shape index (κ1) is 11.8. The number of nitrogens with two attached hydrogens (primary N) is 1. The molecule has 15 heavy (non-hydrogen) atoms. The number of hydrogen-bond acceptors (Lipinski definition) is 5. The number of nitrogens with zero attached hydrogens (tertiary/aromatic N) is 2. The maximum Gasteiger partial charge on any atom is 0.241 e. The SMILES string of the molecule is CC(C(N)=S)S(=O)(=O)Nc1cncnc1. The number of nitrogens with one attached hydrogen (secondary N) is 1. The Labute approximate surface area is 93.0 Å². The molecular weight excluding hydrogens is 236 g/mol. The number of thiocarbonyl (C=S) groups is 1. The molecule has 3 N–H and O–H groups in total. The lowest BCUT2D eigenvalue weighted by atomic mass is 10.5. The average Bonchev–Trinajstić information content (AvgIpc) is 2.17. The van der Waals surface area contributed by atoms with Gasteiger partial charge >= 0.3 is 0 Å². The van der Waals surface area contributed by atoms with Crippen LogP contribution in [0, 0.1) is 0 Å². The molecule has 0 bridgehead atoms. The molecule has 0 aliphatic heterocycles. The fraction of sp³-hybridized carbons (Fsp3) is 0.286. The molecule has 0 amide bonds. The first-order valence-electron chi connectivity index (χ1n) is 3.99. The van der Waals surface area contributed by atoms with Gasteiger partial charge in [-0.1, -0.05) is 12.2 Å². The van der Waals surface area contributed by atoms with Crippen molar-refractivity contribution in [2.45, 2.75) is 12.2 Å². The fourth-order valence-electron chi connectivity index (χ4n) is 0.757. The number of aromatic nitrogens is 2. The number of hydrogen-bond donors (Lipinski definition) is 2. The molecule has 1 heterocycles. The van der Waals surface area contributed by atoms with Crippen molar-refractivity contribution in [3.63, 3.8) is 0 Å². The standard InChI is InChI=1S/C7H10N4O2S2/c1-5(7(8)14)15(12,13)11-6-2-9-4-10-3-6/h2-5,11H,1H3,(H2,8,14). The monoisotopic (exact) mass is 246 g/mol. The van der Waals surface area contributed by atoms with Crippen LogP contribution in [0.5, 0.6) is 0 Å². The van der Waals surface area contributed by atoms with Gasteiger partial charge in [-0.15, -0.1) is 0 Å². The van der Waals surface area contributed by atoms with Crippen LogP contribution >= 0.6 is 12.2 Å². The molecule has 1 rings (SSSR count). The summed E-state index contributed by atoms with van der Waals surface area (Å²) in [6.45, 7) is 1.41. The van der Waals surface area contributed by atoms with Crippen LogP contribution in [0.1, 0.15) is 6.92 Å². The van der Waals surface area contributed by atoms with Crippen molar-refractivity contribution < 1.29 is 8.42 Å². The molecule has 0 aliphatic carbocycles.